The second kappa shape index (κ2) is 9.19. The lowest BCUT2D eigenvalue weighted by molar-refractivity contribution is -0.151. The van der Waals surface area contributed by atoms with Crippen molar-refractivity contribution in [3.05, 3.63) is 64.7 Å². The molecule has 3 rings (SSSR count). The first-order valence-electron chi connectivity index (χ1n) is 9.17. The number of hydrogen-bond donors (Lipinski definition) is 0. The van der Waals surface area contributed by atoms with E-state index in [0.29, 0.717) is 28.3 Å². The van der Waals surface area contributed by atoms with Gasteiger partial charge in [0.05, 0.1) is 24.8 Å². The molecular weight excluding hydrogens is 413 g/mol. The summed E-state index contributed by atoms with van der Waals surface area (Å²) in [6, 6.07) is 12.0. The SMILES string of the molecule is CCn1c(-c2ccncc2)nn(CN(Cc2ccc(C#N)cc2)CC(F)(F)F)c1=S. The molecule has 0 atom stereocenters. The standard InChI is InChI=1S/C20H19F3N6S/c1-2-28-18(17-7-9-25-10-8-17)26-29(19(28)30)14-27(13-20(21,22)23)12-16-5-3-15(11-24)4-6-16/h3-10H,2,12-14H2,1H3. The predicted octanol–water partition coefficient (Wildman–Crippen LogP) is 4.39. The molecular formula is C20H19F3N6S. The maximum Gasteiger partial charge on any atom is 0.401 e. The number of rotatable bonds is 7. The van der Waals surface area contributed by atoms with Crippen LogP contribution in [0.5, 0.6) is 0 Å². The average Bonchev–Trinajstić information content (AvgIpc) is 3.03. The van der Waals surface area contributed by atoms with Crippen LogP contribution >= 0.6 is 12.2 Å². The van der Waals surface area contributed by atoms with E-state index in [1.165, 1.54) is 9.58 Å². The molecule has 30 heavy (non-hydrogen) atoms. The van der Waals surface area contributed by atoms with Crippen LogP contribution < -0.4 is 0 Å². The summed E-state index contributed by atoms with van der Waals surface area (Å²) in [5.74, 6) is 0.579. The lowest BCUT2D eigenvalue weighted by Gasteiger charge is -2.23. The van der Waals surface area contributed by atoms with Gasteiger partial charge in [0.15, 0.2) is 10.6 Å². The molecule has 2 aromatic heterocycles. The normalized spacial score (nSPS) is 11.6. The Morgan fingerprint density at radius 2 is 1.80 bits per heavy atom. The van der Waals surface area contributed by atoms with Gasteiger partial charge in [0, 0.05) is 31.0 Å². The number of hydrogen-bond acceptors (Lipinski definition) is 5. The molecule has 3 aromatic rings. The number of halogens is 3. The topological polar surface area (TPSA) is 62.7 Å². The molecule has 0 radical (unpaired) electrons. The minimum Gasteiger partial charge on any atom is -0.300 e. The molecule has 6 nitrogen and oxygen atoms in total. The molecule has 2 heterocycles. The summed E-state index contributed by atoms with van der Waals surface area (Å²) >= 11 is 5.47. The highest BCUT2D eigenvalue weighted by Crippen LogP contribution is 2.21. The first-order chi connectivity index (χ1) is 14.3. The van der Waals surface area contributed by atoms with Crippen molar-refractivity contribution in [1.29, 1.82) is 5.26 Å². The van der Waals surface area contributed by atoms with Crippen molar-refractivity contribution in [3.8, 4) is 17.5 Å². The molecule has 0 saturated heterocycles. The highest BCUT2D eigenvalue weighted by Gasteiger charge is 2.31. The van der Waals surface area contributed by atoms with Crippen molar-refractivity contribution in [2.45, 2.75) is 32.9 Å². The van der Waals surface area contributed by atoms with Crippen LogP contribution in [0.15, 0.2) is 48.8 Å². The maximum atomic E-state index is 13.2. The molecule has 0 aliphatic carbocycles. The third kappa shape index (κ3) is 5.31. The Morgan fingerprint density at radius 3 is 2.37 bits per heavy atom. The summed E-state index contributed by atoms with van der Waals surface area (Å²) in [6.45, 7) is 1.24. The lowest BCUT2D eigenvalue weighted by atomic mass is 10.1. The summed E-state index contributed by atoms with van der Waals surface area (Å²) in [4.78, 5) is 5.20. The Bertz CT molecular complexity index is 1080. The van der Waals surface area contributed by atoms with E-state index in [1.54, 1.807) is 53.4 Å². The van der Waals surface area contributed by atoms with Gasteiger partial charge in [0.1, 0.15) is 0 Å². The Hall–Kier alpha value is -3.03. The van der Waals surface area contributed by atoms with Crippen LogP contribution in [-0.2, 0) is 19.8 Å². The van der Waals surface area contributed by atoms with Gasteiger partial charge in [-0.1, -0.05) is 12.1 Å². The van der Waals surface area contributed by atoms with Crippen LogP contribution in [0.25, 0.3) is 11.4 Å². The zero-order valence-corrected chi connectivity index (χ0v) is 17.0. The zero-order valence-electron chi connectivity index (χ0n) is 16.2. The fourth-order valence-electron chi connectivity index (χ4n) is 3.07. The quantitative estimate of drug-likeness (QED) is 0.518. The number of benzene rings is 1. The molecule has 156 valence electrons. The van der Waals surface area contributed by atoms with E-state index in [4.69, 9.17) is 17.5 Å². The highest BCUT2D eigenvalue weighted by molar-refractivity contribution is 7.71. The van der Waals surface area contributed by atoms with Gasteiger partial charge < -0.3 is 4.57 Å². The van der Waals surface area contributed by atoms with Gasteiger partial charge in [0.2, 0.25) is 0 Å². The van der Waals surface area contributed by atoms with Crippen LogP contribution in [0, 0.1) is 16.1 Å². The number of alkyl halides is 3. The number of nitrogens with zero attached hydrogens (tertiary/aromatic N) is 6. The van der Waals surface area contributed by atoms with E-state index in [2.05, 4.69) is 10.1 Å². The smallest absolute Gasteiger partial charge is 0.300 e. The molecule has 10 heteroatoms. The minimum absolute atomic E-state index is 0.0383. The van der Waals surface area contributed by atoms with Crippen molar-refractivity contribution < 1.29 is 13.2 Å². The average molecular weight is 432 g/mol. The molecule has 0 bridgehead atoms. The molecule has 1 aromatic carbocycles. The lowest BCUT2D eigenvalue weighted by Crippen LogP contribution is -2.35. The van der Waals surface area contributed by atoms with Crippen molar-refractivity contribution in [2.24, 2.45) is 0 Å². The van der Waals surface area contributed by atoms with Gasteiger partial charge in [-0.2, -0.15) is 23.5 Å². The molecule has 0 aliphatic rings. The van der Waals surface area contributed by atoms with Gasteiger partial charge >= 0.3 is 6.18 Å². The predicted molar refractivity (Wildman–Crippen MR) is 108 cm³/mol. The van der Waals surface area contributed by atoms with Gasteiger partial charge in [-0.3, -0.25) is 9.88 Å². The fourth-order valence-corrected chi connectivity index (χ4v) is 3.39. The minimum atomic E-state index is -4.38. The van der Waals surface area contributed by atoms with Crippen LogP contribution in [0.3, 0.4) is 0 Å². The monoisotopic (exact) mass is 432 g/mol. The van der Waals surface area contributed by atoms with E-state index in [0.717, 1.165) is 5.56 Å². The largest absolute Gasteiger partial charge is 0.401 e. The zero-order chi connectivity index (χ0) is 21.7. The van der Waals surface area contributed by atoms with Crippen LogP contribution in [-0.4, -0.2) is 37.0 Å². The third-order valence-corrected chi connectivity index (χ3v) is 4.83. The summed E-state index contributed by atoms with van der Waals surface area (Å²) in [6.07, 6.45) is -1.13. The van der Waals surface area contributed by atoms with Crippen LogP contribution in [0.2, 0.25) is 0 Å². The van der Waals surface area contributed by atoms with E-state index in [-0.39, 0.29) is 13.2 Å². The molecule has 0 unspecified atom stereocenters. The first-order valence-corrected chi connectivity index (χ1v) is 9.57. The van der Waals surface area contributed by atoms with E-state index < -0.39 is 12.7 Å². The van der Waals surface area contributed by atoms with Crippen molar-refractivity contribution in [1.82, 2.24) is 24.2 Å². The number of nitriles is 1. The van der Waals surface area contributed by atoms with Gasteiger partial charge in [-0.05, 0) is 49.0 Å². The molecule has 0 spiro atoms. The van der Waals surface area contributed by atoms with Gasteiger partial charge in [-0.25, -0.2) is 4.68 Å². The molecule has 0 fully saturated rings. The Labute approximate surface area is 176 Å². The van der Waals surface area contributed by atoms with E-state index in [9.17, 15) is 13.2 Å². The second-order valence-electron chi connectivity index (χ2n) is 6.64. The van der Waals surface area contributed by atoms with E-state index in [1.807, 2.05) is 13.0 Å². The van der Waals surface area contributed by atoms with Crippen LogP contribution in [0.4, 0.5) is 13.2 Å². The summed E-state index contributed by atoms with van der Waals surface area (Å²) in [7, 11) is 0. The number of pyridine rings is 1. The Kier molecular flexibility index (Phi) is 6.64. The fraction of sp³-hybridized carbons (Fsp3) is 0.300. The molecule has 0 saturated carbocycles. The van der Waals surface area contributed by atoms with Crippen molar-refractivity contribution in [2.75, 3.05) is 6.54 Å². The number of aromatic nitrogens is 4. The first kappa shape index (κ1) is 21.7. The van der Waals surface area contributed by atoms with Gasteiger partial charge in [-0.15, -0.1) is 0 Å². The second-order valence-corrected chi connectivity index (χ2v) is 7.00. The summed E-state index contributed by atoms with van der Waals surface area (Å²) < 4.78 is 43.1. The van der Waals surface area contributed by atoms with E-state index >= 15 is 0 Å². The molecule has 0 aliphatic heterocycles. The Balaban J connectivity index is 1.91. The maximum absolute atomic E-state index is 13.2. The summed E-state index contributed by atoms with van der Waals surface area (Å²) in [5, 5.41) is 13.4. The van der Waals surface area contributed by atoms with Crippen molar-refractivity contribution >= 4 is 12.2 Å². The molecule has 0 N–H and O–H groups in total. The van der Waals surface area contributed by atoms with Gasteiger partial charge in [0.25, 0.3) is 0 Å². The summed E-state index contributed by atoms with van der Waals surface area (Å²) in [5.41, 5.74) is 1.90. The Morgan fingerprint density at radius 1 is 1.13 bits per heavy atom. The van der Waals surface area contributed by atoms with Crippen molar-refractivity contribution in [3.63, 3.8) is 0 Å². The highest BCUT2D eigenvalue weighted by atomic mass is 32.1. The molecule has 0 amide bonds. The van der Waals surface area contributed by atoms with Crippen LogP contribution in [0.1, 0.15) is 18.1 Å². The third-order valence-electron chi connectivity index (χ3n) is 4.40.